The number of hydrogen-bond acceptors (Lipinski definition) is 2. The summed E-state index contributed by atoms with van der Waals surface area (Å²) >= 11 is 0. The summed E-state index contributed by atoms with van der Waals surface area (Å²) in [7, 11) is 0. The Bertz CT molecular complexity index is 574. The molecule has 3 heteroatoms. The van der Waals surface area contributed by atoms with Crippen molar-refractivity contribution >= 4 is 5.91 Å². The number of benzene rings is 2. The Morgan fingerprint density at radius 3 is 2.26 bits per heavy atom. The van der Waals surface area contributed by atoms with Crippen LogP contribution in [0.25, 0.3) is 11.1 Å². The fraction of sp³-hybridized carbons (Fsp3) is 0.188. The van der Waals surface area contributed by atoms with E-state index in [-0.39, 0.29) is 6.10 Å². The average molecular weight is 255 g/mol. The molecule has 0 heterocycles. The number of hydrogen-bond donors (Lipinski definition) is 1. The van der Waals surface area contributed by atoms with Crippen LogP contribution in [0.3, 0.4) is 0 Å². The maximum Gasteiger partial charge on any atom is 0.249 e. The lowest BCUT2D eigenvalue weighted by Gasteiger charge is -2.11. The summed E-state index contributed by atoms with van der Waals surface area (Å²) in [6.07, 6.45) is 0.142. The van der Waals surface area contributed by atoms with Crippen molar-refractivity contribution in [3.8, 4) is 16.9 Å². The van der Waals surface area contributed by atoms with E-state index in [2.05, 4.69) is 0 Å². The Labute approximate surface area is 113 Å². The maximum absolute atomic E-state index is 11.4. The van der Waals surface area contributed by atoms with E-state index in [0.29, 0.717) is 5.56 Å². The molecular formula is C16H17NO2. The number of primary amides is 1. The smallest absolute Gasteiger partial charge is 0.249 e. The molecular weight excluding hydrogens is 238 g/mol. The van der Waals surface area contributed by atoms with Crippen molar-refractivity contribution in [3.05, 3.63) is 54.1 Å². The predicted molar refractivity (Wildman–Crippen MR) is 76.2 cm³/mol. The Hall–Kier alpha value is -2.29. The number of amides is 1. The fourth-order valence-corrected chi connectivity index (χ4v) is 1.93. The lowest BCUT2D eigenvalue weighted by molar-refractivity contribution is 0.100. The molecule has 0 radical (unpaired) electrons. The van der Waals surface area contributed by atoms with Gasteiger partial charge in [-0.2, -0.15) is 0 Å². The summed E-state index contributed by atoms with van der Waals surface area (Å²) in [4.78, 5) is 11.4. The third kappa shape index (κ3) is 3.13. The number of ether oxygens (including phenoxy) is 1. The molecule has 0 saturated carbocycles. The van der Waals surface area contributed by atoms with Crippen LogP contribution in [0.4, 0.5) is 0 Å². The highest BCUT2D eigenvalue weighted by molar-refractivity contribution is 5.99. The highest BCUT2D eigenvalue weighted by Gasteiger charge is 2.09. The van der Waals surface area contributed by atoms with E-state index in [9.17, 15) is 4.79 Å². The topological polar surface area (TPSA) is 52.3 Å². The fourth-order valence-electron chi connectivity index (χ4n) is 1.93. The van der Waals surface area contributed by atoms with Gasteiger partial charge in [-0.3, -0.25) is 4.79 Å². The molecule has 1 amide bonds. The first-order chi connectivity index (χ1) is 9.08. The van der Waals surface area contributed by atoms with Gasteiger partial charge in [-0.05, 0) is 43.2 Å². The highest BCUT2D eigenvalue weighted by atomic mass is 16.5. The molecule has 0 spiro atoms. The van der Waals surface area contributed by atoms with Gasteiger partial charge in [-0.1, -0.05) is 30.3 Å². The normalized spacial score (nSPS) is 10.5. The Kier molecular flexibility index (Phi) is 3.85. The predicted octanol–water partition coefficient (Wildman–Crippen LogP) is 3.24. The van der Waals surface area contributed by atoms with E-state index >= 15 is 0 Å². The quantitative estimate of drug-likeness (QED) is 0.911. The first-order valence-electron chi connectivity index (χ1n) is 6.24. The third-order valence-electron chi connectivity index (χ3n) is 2.73. The minimum absolute atomic E-state index is 0.142. The van der Waals surface area contributed by atoms with Gasteiger partial charge < -0.3 is 10.5 Å². The molecule has 0 saturated heterocycles. The van der Waals surface area contributed by atoms with E-state index in [0.717, 1.165) is 16.9 Å². The van der Waals surface area contributed by atoms with Crippen LogP contribution in [0.2, 0.25) is 0 Å². The lowest BCUT2D eigenvalue weighted by Crippen LogP contribution is -2.12. The molecule has 0 unspecified atom stereocenters. The van der Waals surface area contributed by atoms with Gasteiger partial charge in [0, 0.05) is 5.56 Å². The number of nitrogens with two attached hydrogens (primary N) is 1. The molecule has 2 rings (SSSR count). The molecule has 0 fully saturated rings. The van der Waals surface area contributed by atoms with E-state index in [1.165, 1.54) is 0 Å². The first kappa shape index (κ1) is 13.1. The summed E-state index contributed by atoms with van der Waals surface area (Å²) in [5, 5.41) is 0. The summed E-state index contributed by atoms with van der Waals surface area (Å²) in [5.74, 6) is 0.397. The van der Waals surface area contributed by atoms with Crippen molar-refractivity contribution in [1.82, 2.24) is 0 Å². The monoisotopic (exact) mass is 255 g/mol. The summed E-state index contributed by atoms with van der Waals surface area (Å²) in [6.45, 7) is 3.96. The SMILES string of the molecule is CC(C)Oc1ccc(-c2ccccc2C(N)=O)cc1. The van der Waals surface area contributed by atoms with Crippen LogP contribution in [0.1, 0.15) is 24.2 Å². The van der Waals surface area contributed by atoms with Gasteiger partial charge in [0.25, 0.3) is 0 Å². The number of rotatable bonds is 4. The van der Waals surface area contributed by atoms with Gasteiger partial charge in [-0.25, -0.2) is 0 Å². The lowest BCUT2D eigenvalue weighted by atomic mass is 9.99. The van der Waals surface area contributed by atoms with Gasteiger partial charge in [0.2, 0.25) is 5.91 Å². The van der Waals surface area contributed by atoms with Crippen molar-refractivity contribution in [2.24, 2.45) is 5.73 Å². The molecule has 19 heavy (non-hydrogen) atoms. The van der Waals surface area contributed by atoms with Gasteiger partial charge >= 0.3 is 0 Å². The van der Waals surface area contributed by atoms with Crippen LogP contribution >= 0.6 is 0 Å². The van der Waals surface area contributed by atoms with Crippen molar-refractivity contribution in [1.29, 1.82) is 0 Å². The standard InChI is InChI=1S/C16H17NO2/c1-11(2)19-13-9-7-12(8-10-13)14-5-3-4-6-15(14)16(17)18/h3-11H,1-2H3,(H2,17,18). The largest absolute Gasteiger partial charge is 0.491 e. The van der Waals surface area contributed by atoms with Crippen LogP contribution in [0, 0.1) is 0 Å². The van der Waals surface area contributed by atoms with Gasteiger partial charge in [-0.15, -0.1) is 0 Å². The van der Waals surface area contributed by atoms with Crippen LogP contribution in [0.15, 0.2) is 48.5 Å². The zero-order valence-corrected chi connectivity index (χ0v) is 11.1. The second-order valence-corrected chi connectivity index (χ2v) is 4.60. The molecule has 2 aromatic carbocycles. The molecule has 0 aliphatic rings. The molecule has 0 bridgehead atoms. The van der Waals surface area contributed by atoms with Gasteiger partial charge in [0.1, 0.15) is 5.75 Å². The van der Waals surface area contributed by atoms with Crippen LogP contribution in [0.5, 0.6) is 5.75 Å². The van der Waals surface area contributed by atoms with E-state index < -0.39 is 5.91 Å². The highest BCUT2D eigenvalue weighted by Crippen LogP contribution is 2.25. The molecule has 3 nitrogen and oxygen atoms in total. The second-order valence-electron chi connectivity index (χ2n) is 4.60. The summed E-state index contributed by atoms with van der Waals surface area (Å²) in [6, 6.07) is 15.0. The van der Waals surface area contributed by atoms with Gasteiger partial charge in [0.05, 0.1) is 6.10 Å². The average Bonchev–Trinajstić information content (AvgIpc) is 2.39. The Morgan fingerprint density at radius 2 is 1.68 bits per heavy atom. The second kappa shape index (κ2) is 5.57. The molecule has 0 atom stereocenters. The number of carbonyl (C=O) groups is 1. The molecule has 0 aromatic heterocycles. The van der Waals surface area contributed by atoms with Crippen molar-refractivity contribution < 1.29 is 9.53 Å². The Morgan fingerprint density at radius 1 is 1.05 bits per heavy atom. The Balaban J connectivity index is 2.35. The number of carbonyl (C=O) groups excluding carboxylic acids is 1. The van der Waals surface area contributed by atoms with Crippen LogP contribution in [-0.2, 0) is 0 Å². The van der Waals surface area contributed by atoms with E-state index in [4.69, 9.17) is 10.5 Å². The van der Waals surface area contributed by atoms with E-state index in [1.54, 1.807) is 12.1 Å². The van der Waals surface area contributed by atoms with E-state index in [1.807, 2.05) is 50.2 Å². The zero-order valence-electron chi connectivity index (χ0n) is 11.1. The van der Waals surface area contributed by atoms with Crippen molar-refractivity contribution in [2.75, 3.05) is 0 Å². The van der Waals surface area contributed by atoms with Gasteiger partial charge in [0.15, 0.2) is 0 Å². The minimum atomic E-state index is -0.418. The van der Waals surface area contributed by atoms with Crippen LogP contribution in [-0.4, -0.2) is 12.0 Å². The summed E-state index contributed by atoms with van der Waals surface area (Å²) in [5.41, 5.74) is 7.70. The molecule has 0 aliphatic heterocycles. The zero-order chi connectivity index (χ0) is 13.8. The van der Waals surface area contributed by atoms with Crippen LogP contribution < -0.4 is 10.5 Å². The summed E-state index contributed by atoms with van der Waals surface area (Å²) < 4.78 is 5.59. The third-order valence-corrected chi connectivity index (χ3v) is 2.73. The van der Waals surface area contributed by atoms with Crippen molar-refractivity contribution in [2.45, 2.75) is 20.0 Å². The van der Waals surface area contributed by atoms with Crippen molar-refractivity contribution in [3.63, 3.8) is 0 Å². The molecule has 2 N–H and O–H groups in total. The molecule has 98 valence electrons. The molecule has 0 aliphatic carbocycles. The maximum atomic E-state index is 11.4. The molecule has 2 aromatic rings. The first-order valence-corrected chi connectivity index (χ1v) is 6.24. The minimum Gasteiger partial charge on any atom is -0.491 e.